The van der Waals surface area contributed by atoms with Crippen molar-refractivity contribution >= 4 is 0 Å². The third-order valence-corrected chi connectivity index (χ3v) is 4.09. The largest absolute Gasteiger partial charge is 0.481 e. The number of methoxy groups -OCH3 is 1. The van der Waals surface area contributed by atoms with Crippen molar-refractivity contribution in [3.63, 3.8) is 0 Å². The Balaban J connectivity index is 1.88. The number of ether oxygens (including phenoxy) is 1. The van der Waals surface area contributed by atoms with Gasteiger partial charge in [0.15, 0.2) is 0 Å². The van der Waals surface area contributed by atoms with Crippen LogP contribution in [0.25, 0.3) is 0 Å². The van der Waals surface area contributed by atoms with Crippen LogP contribution in [0.15, 0.2) is 0 Å². The number of hydrogen-bond acceptors (Lipinski definition) is 4. The summed E-state index contributed by atoms with van der Waals surface area (Å²) in [7, 11) is 5.85. The Kier molecular flexibility index (Phi) is 4.82. The van der Waals surface area contributed by atoms with Crippen molar-refractivity contribution < 1.29 is 4.74 Å². The second-order valence-corrected chi connectivity index (χ2v) is 5.46. The van der Waals surface area contributed by atoms with Crippen LogP contribution >= 0.6 is 0 Å². The fourth-order valence-corrected chi connectivity index (χ4v) is 2.91. The molecular weight excluding hydrogens is 240 g/mol. The molecule has 0 saturated carbocycles. The first kappa shape index (κ1) is 14.3. The Morgan fingerprint density at radius 1 is 1.37 bits per heavy atom. The number of aryl methyl sites for hydroxylation is 2. The van der Waals surface area contributed by atoms with Crippen LogP contribution in [0.4, 0.5) is 0 Å². The van der Waals surface area contributed by atoms with E-state index in [9.17, 15) is 0 Å². The van der Waals surface area contributed by atoms with E-state index in [0.717, 1.165) is 24.7 Å². The minimum Gasteiger partial charge on any atom is -0.481 e. The van der Waals surface area contributed by atoms with Crippen molar-refractivity contribution in [2.24, 2.45) is 7.05 Å². The average molecular weight is 266 g/mol. The van der Waals surface area contributed by atoms with Crippen LogP contribution in [0.2, 0.25) is 0 Å². The van der Waals surface area contributed by atoms with Crippen LogP contribution in [-0.2, 0) is 13.6 Å². The zero-order valence-electron chi connectivity index (χ0n) is 12.6. The Labute approximate surface area is 115 Å². The molecule has 1 aliphatic heterocycles. The molecule has 1 fully saturated rings. The first-order valence-electron chi connectivity index (χ1n) is 7.11. The molecule has 0 aromatic carbocycles. The highest BCUT2D eigenvalue weighted by Crippen LogP contribution is 2.20. The standard InChI is InChI=1S/C14H26N4O/c1-11-13(14(19-4)18(3)16-11)10-15-9-12-7-5-6-8-17(12)2/h12,15H,5-10H2,1-4H3. The van der Waals surface area contributed by atoms with Crippen LogP contribution < -0.4 is 10.1 Å². The molecule has 1 atom stereocenters. The van der Waals surface area contributed by atoms with Crippen LogP contribution in [0.3, 0.4) is 0 Å². The number of piperidine rings is 1. The number of rotatable bonds is 5. The van der Waals surface area contributed by atoms with Gasteiger partial charge >= 0.3 is 0 Å². The lowest BCUT2D eigenvalue weighted by Crippen LogP contribution is -2.42. The van der Waals surface area contributed by atoms with Gasteiger partial charge in [0.05, 0.1) is 18.4 Å². The van der Waals surface area contributed by atoms with Gasteiger partial charge in [-0.05, 0) is 33.4 Å². The lowest BCUT2D eigenvalue weighted by Gasteiger charge is -2.32. The van der Waals surface area contributed by atoms with E-state index in [0.29, 0.717) is 6.04 Å². The topological polar surface area (TPSA) is 42.3 Å². The van der Waals surface area contributed by atoms with Gasteiger partial charge < -0.3 is 15.0 Å². The minimum absolute atomic E-state index is 0.664. The van der Waals surface area contributed by atoms with Gasteiger partial charge in [0.2, 0.25) is 5.88 Å². The van der Waals surface area contributed by atoms with Gasteiger partial charge in [0.1, 0.15) is 0 Å². The fourth-order valence-electron chi connectivity index (χ4n) is 2.91. The summed E-state index contributed by atoms with van der Waals surface area (Å²) in [6, 6.07) is 0.664. The van der Waals surface area contributed by atoms with Crippen LogP contribution in [0.5, 0.6) is 5.88 Å². The molecule has 2 heterocycles. The summed E-state index contributed by atoms with van der Waals surface area (Å²) in [6.45, 7) is 5.12. The number of aromatic nitrogens is 2. The summed E-state index contributed by atoms with van der Waals surface area (Å²) in [4.78, 5) is 2.46. The molecule has 1 aliphatic rings. The molecule has 0 amide bonds. The first-order chi connectivity index (χ1) is 9.13. The molecule has 108 valence electrons. The van der Waals surface area contributed by atoms with Gasteiger partial charge in [-0.25, -0.2) is 4.68 Å². The summed E-state index contributed by atoms with van der Waals surface area (Å²) in [6.07, 6.45) is 3.99. The number of nitrogens with one attached hydrogen (secondary N) is 1. The smallest absolute Gasteiger partial charge is 0.216 e. The molecular formula is C14H26N4O. The van der Waals surface area contributed by atoms with Crippen molar-refractivity contribution in [1.29, 1.82) is 0 Å². The molecule has 1 saturated heterocycles. The third kappa shape index (κ3) is 3.28. The second kappa shape index (κ2) is 6.39. The Bertz CT molecular complexity index is 416. The molecule has 5 nitrogen and oxygen atoms in total. The predicted octanol–water partition coefficient (Wildman–Crippen LogP) is 1.31. The lowest BCUT2D eigenvalue weighted by molar-refractivity contribution is 0.181. The van der Waals surface area contributed by atoms with Crippen molar-refractivity contribution in [2.45, 2.75) is 38.8 Å². The molecule has 19 heavy (non-hydrogen) atoms. The maximum absolute atomic E-state index is 5.41. The number of likely N-dealkylation sites (N-methyl/N-ethyl adjacent to an activating group) is 1. The zero-order chi connectivity index (χ0) is 13.8. The normalized spacial score (nSPS) is 20.7. The molecule has 1 N–H and O–H groups in total. The van der Waals surface area contributed by atoms with Gasteiger partial charge in [-0.3, -0.25) is 0 Å². The molecule has 1 aromatic heterocycles. The SMILES string of the molecule is COc1c(CNCC2CCCCN2C)c(C)nn1C. The van der Waals surface area contributed by atoms with Crippen molar-refractivity contribution in [3.05, 3.63) is 11.3 Å². The highest BCUT2D eigenvalue weighted by molar-refractivity contribution is 5.30. The summed E-state index contributed by atoms with van der Waals surface area (Å²) < 4.78 is 7.22. The second-order valence-electron chi connectivity index (χ2n) is 5.46. The highest BCUT2D eigenvalue weighted by Gasteiger charge is 2.19. The molecule has 0 spiro atoms. The van der Waals surface area contributed by atoms with E-state index in [-0.39, 0.29) is 0 Å². The number of hydrogen-bond donors (Lipinski definition) is 1. The van der Waals surface area contributed by atoms with Gasteiger partial charge in [-0.1, -0.05) is 6.42 Å². The average Bonchev–Trinajstić information content (AvgIpc) is 2.66. The molecule has 0 radical (unpaired) electrons. The van der Waals surface area contributed by atoms with E-state index < -0.39 is 0 Å². The van der Waals surface area contributed by atoms with Crippen LogP contribution in [-0.4, -0.2) is 48.0 Å². The molecule has 1 aromatic rings. The summed E-state index contributed by atoms with van der Waals surface area (Å²) in [5.41, 5.74) is 2.22. The van der Waals surface area contributed by atoms with E-state index in [1.54, 1.807) is 11.8 Å². The van der Waals surface area contributed by atoms with E-state index in [4.69, 9.17) is 4.74 Å². The van der Waals surface area contributed by atoms with E-state index in [1.165, 1.54) is 31.4 Å². The van der Waals surface area contributed by atoms with Crippen molar-refractivity contribution in [1.82, 2.24) is 20.0 Å². The maximum atomic E-state index is 5.41. The van der Waals surface area contributed by atoms with Gasteiger partial charge in [-0.15, -0.1) is 0 Å². The molecule has 5 heteroatoms. The highest BCUT2D eigenvalue weighted by atomic mass is 16.5. The maximum Gasteiger partial charge on any atom is 0.216 e. The van der Waals surface area contributed by atoms with E-state index >= 15 is 0 Å². The minimum atomic E-state index is 0.664. The third-order valence-electron chi connectivity index (χ3n) is 4.09. The van der Waals surface area contributed by atoms with Gasteiger partial charge in [0, 0.05) is 26.2 Å². The fraction of sp³-hybridized carbons (Fsp3) is 0.786. The molecule has 1 unspecified atom stereocenters. The van der Waals surface area contributed by atoms with Gasteiger partial charge in [0.25, 0.3) is 0 Å². The van der Waals surface area contributed by atoms with E-state index in [2.05, 4.69) is 22.4 Å². The summed E-state index contributed by atoms with van der Waals surface area (Å²) >= 11 is 0. The summed E-state index contributed by atoms with van der Waals surface area (Å²) in [5.74, 6) is 0.863. The summed E-state index contributed by atoms with van der Waals surface area (Å²) in [5, 5.41) is 7.96. The Morgan fingerprint density at radius 3 is 2.84 bits per heavy atom. The molecule has 0 bridgehead atoms. The van der Waals surface area contributed by atoms with Crippen molar-refractivity contribution in [3.8, 4) is 5.88 Å². The van der Waals surface area contributed by atoms with E-state index in [1.807, 2.05) is 14.0 Å². The zero-order valence-corrected chi connectivity index (χ0v) is 12.6. The van der Waals surface area contributed by atoms with Crippen molar-refractivity contribution in [2.75, 3.05) is 27.2 Å². The van der Waals surface area contributed by atoms with Crippen LogP contribution in [0.1, 0.15) is 30.5 Å². The monoisotopic (exact) mass is 266 g/mol. The molecule has 2 rings (SSSR count). The lowest BCUT2D eigenvalue weighted by atomic mass is 10.0. The number of likely N-dealkylation sites (tertiary alicyclic amines) is 1. The van der Waals surface area contributed by atoms with Gasteiger partial charge in [-0.2, -0.15) is 5.10 Å². The predicted molar refractivity (Wildman–Crippen MR) is 76.5 cm³/mol. The molecule has 0 aliphatic carbocycles. The Morgan fingerprint density at radius 2 is 2.16 bits per heavy atom. The Hall–Kier alpha value is -1.07. The number of nitrogens with zero attached hydrogens (tertiary/aromatic N) is 3. The van der Waals surface area contributed by atoms with Crippen LogP contribution in [0, 0.1) is 6.92 Å². The first-order valence-corrected chi connectivity index (χ1v) is 7.11. The quantitative estimate of drug-likeness (QED) is 0.872.